The van der Waals surface area contributed by atoms with Gasteiger partial charge in [-0.15, -0.1) is 0 Å². The number of carboxylic acids is 1. The summed E-state index contributed by atoms with van der Waals surface area (Å²) in [7, 11) is 1.84. The first-order valence-electron chi connectivity index (χ1n) is 11.3. The number of carbonyl (C=O) groups excluding carboxylic acids is 1. The van der Waals surface area contributed by atoms with Gasteiger partial charge in [0.2, 0.25) is 5.91 Å². The molecule has 1 saturated carbocycles. The van der Waals surface area contributed by atoms with Crippen molar-refractivity contribution < 1.29 is 14.7 Å². The Labute approximate surface area is 184 Å². The summed E-state index contributed by atoms with van der Waals surface area (Å²) in [6, 6.07) is 3.72. The van der Waals surface area contributed by atoms with Crippen LogP contribution in [0.4, 0.5) is 0 Å². The smallest absolute Gasteiger partial charge is 0.335 e. The number of pyridine rings is 1. The molecule has 168 valence electrons. The lowest BCUT2D eigenvalue weighted by Gasteiger charge is -2.24. The number of hydrogen-bond donors (Lipinski definition) is 2. The molecule has 2 aliphatic rings. The third-order valence-corrected chi connectivity index (χ3v) is 5.78. The van der Waals surface area contributed by atoms with Crippen LogP contribution in [-0.4, -0.2) is 71.0 Å². The standard InChI is InChI=1S/C24H34N4O3/c1-27(23(29)17-25-16-21-15-20(24(30)31)11-12-26-21)13-5-6-14-28(22-9-10-22)18-19-7-3-2-4-8-19/h3,7-8,11-12,15,22,25H,2,4-6,9-10,13-14,16-18H2,1H3,(H,30,31). The fourth-order valence-corrected chi connectivity index (χ4v) is 3.78. The zero-order chi connectivity index (χ0) is 22.1. The Balaban J connectivity index is 1.31. The first-order chi connectivity index (χ1) is 15.0. The summed E-state index contributed by atoms with van der Waals surface area (Å²) in [6.07, 6.45) is 15.4. The second kappa shape index (κ2) is 11.8. The minimum absolute atomic E-state index is 0.0333. The molecule has 7 nitrogen and oxygen atoms in total. The van der Waals surface area contributed by atoms with E-state index < -0.39 is 5.97 Å². The summed E-state index contributed by atoms with van der Waals surface area (Å²) in [5.74, 6) is -0.947. The summed E-state index contributed by atoms with van der Waals surface area (Å²) >= 11 is 0. The molecule has 3 rings (SSSR count). The predicted molar refractivity (Wildman–Crippen MR) is 121 cm³/mol. The molecular formula is C24H34N4O3. The quantitative estimate of drug-likeness (QED) is 0.472. The van der Waals surface area contributed by atoms with Gasteiger partial charge in [0.1, 0.15) is 0 Å². The van der Waals surface area contributed by atoms with Gasteiger partial charge in [-0.25, -0.2) is 4.79 Å². The number of rotatable bonds is 13. The molecule has 1 amide bonds. The highest BCUT2D eigenvalue weighted by Crippen LogP contribution is 2.28. The first-order valence-corrected chi connectivity index (χ1v) is 11.3. The molecule has 1 aromatic heterocycles. The highest BCUT2D eigenvalue weighted by atomic mass is 16.4. The number of carbonyl (C=O) groups is 2. The zero-order valence-electron chi connectivity index (χ0n) is 18.4. The van der Waals surface area contributed by atoms with Crippen LogP contribution in [0.3, 0.4) is 0 Å². The van der Waals surface area contributed by atoms with Crippen molar-refractivity contribution in [2.75, 3.05) is 33.2 Å². The lowest BCUT2D eigenvalue weighted by Crippen LogP contribution is -2.36. The SMILES string of the molecule is CN(CCCCN(CC1=CCCC=C1)C1CC1)C(=O)CNCc1cc(C(=O)O)ccn1. The normalized spacial score (nSPS) is 15.7. The molecule has 2 N–H and O–H groups in total. The van der Waals surface area contributed by atoms with Gasteiger partial charge in [0.05, 0.1) is 17.8 Å². The van der Waals surface area contributed by atoms with Crippen LogP contribution in [0, 0.1) is 0 Å². The molecule has 0 aromatic carbocycles. The maximum atomic E-state index is 12.3. The number of allylic oxidation sites excluding steroid dienone is 2. The molecule has 0 aliphatic heterocycles. The lowest BCUT2D eigenvalue weighted by molar-refractivity contribution is -0.129. The van der Waals surface area contributed by atoms with E-state index in [0.29, 0.717) is 12.2 Å². The fourth-order valence-electron chi connectivity index (χ4n) is 3.78. The van der Waals surface area contributed by atoms with E-state index in [9.17, 15) is 9.59 Å². The number of aromatic nitrogens is 1. The number of nitrogens with zero attached hydrogens (tertiary/aromatic N) is 3. The van der Waals surface area contributed by atoms with Crippen LogP contribution in [0.1, 0.15) is 54.6 Å². The van der Waals surface area contributed by atoms with Crippen LogP contribution in [0.2, 0.25) is 0 Å². The van der Waals surface area contributed by atoms with Crippen LogP contribution in [0.15, 0.2) is 42.1 Å². The Bertz CT molecular complexity index is 817. The maximum Gasteiger partial charge on any atom is 0.335 e. The third-order valence-electron chi connectivity index (χ3n) is 5.78. The van der Waals surface area contributed by atoms with E-state index in [1.165, 1.54) is 36.7 Å². The van der Waals surface area contributed by atoms with E-state index in [1.54, 1.807) is 4.90 Å². The molecule has 0 saturated heterocycles. The summed E-state index contributed by atoms with van der Waals surface area (Å²) in [6.45, 7) is 3.46. The Morgan fingerprint density at radius 1 is 1.23 bits per heavy atom. The summed E-state index contributed by atoms with van der Waals surface area (Å²) in [5.41, 5.74) is 2.25. The Hall–Kier alpha value is -2.51. The predicted octanol–water partition coefficient (Wildman–Crippen LogP) is 2.85. The van der Waals surface area contributed by atoms with Gasteiger partial charge < -0.3 is 15.3 Å². The van der Waals surface area contributed by atoms with Crippen LogP contribution >= 0.6 is 0 Å². The van der Waals surface area contributed by atoms with Crippen molar-refractivity contribution in [3.63, 3.8) is 0 Å². The van der Waals surface area contributed by atoms with Crippen molar-refractivity contribution >= 4 is 11.9 Å². The van der Waals surface area contributed by atoms with Crippen LogP contribution in [-0.2, 0) is 11.3 Å². The van der Waals surface area contributed by atoms with Crippen LogP contribution < -0.4 is 5.32 Å². The summed E-state index contributed by atoms with van der Waals surface area (Å²) in [4.78, 5) is 31.9. The molecule has 1 heterocycles. The summed E-state index contributed by atoms with van der Waals surface area (Å²) < 4.78 is 0. The van der Waals surface area contributed by atoms with E-state index in [4.69, 9.17) is 5.11 Å². The van der Waals surface area contributed by atoms with Crippen molar-refractivity contribution in [1.29, 1.82) is 0 Å². The Morgan fingerprint density at radius 2 is 2.03 bits per heavy atom. The van der Waals surface area contributed by atoms with Gasteiger partial charge in [-0.05, 0) is 62.8 Å². The molecule has 0 bridgehead atoms. The van der Waals surface area contributed by atoms with E-state index in [0.717, 1.165) is 51.4 Å². The van der Waals surface area contributed by atoms with Crippen LogP contribution in [0.5, 0.6) is 0 Å². The molecule has 0 unspecified atom stereocenters. The zero-order valence-corrected chi connectivity index (χ0v) is 18.4. The second-order valence-electron chi connectivity index (χ2n) is 8.43. The topological polar surface area (TPSA) is 85.8 Å². The number of amides is 1. The molecule has 2 aliphatic carbocycles. The van der Waals surface area contributed by atoms with Gasteiger partial charge in [0.25, 0.3) is 0 Å². The molecule has 1 fully saturated rings. The van der Waals surface area contributed by atoms with Gasteiger partial charge >= 0.3 is 5.97 Å². The van der Waals surface area contributed by atoms with Crippen molar-refractivity contribution in [2.45, 2.75) is 51.1 Å². The number of aromatic carboxylic acids is 1. The average Bonchev–Trinajstić information content (AvgIpc) is 3.62. The molecule has 0 spiro atoms. The molecule has 0 atom stereocenters. The van der Waals surface area contributed by atoms with Gasteiger partial charge in [0, 0.05) is 38.9 Å². The highest BCUT2D eigenvalue weighted by molar-refractivity contribution is 5.87. The minimum Gasteiger partial charge on any atom is -0.478 e. The van der Waals surface area contributed by atoms with Gasteiger partial charge in [-0.1, -0.05) is 18.2 Å². The third kappa shape index (κ3) is 7.92. The minimum atomic E-state index is -0.980. The van der Waals surface area contributed by atoms with E-state index >= 15 is 0 Å². The van der Waals surface area contributed by atoms with E-state index in [-0.39, 0.29) is 18.0 Å². The molecule has 1 aromatic rings. The number of hydrogen-bond acceptors (Lipinski definition) is 5. The number of likely N-dealkylation sites (N-methyl/N-ethyl adjacent to an activating group) is 1. The highest BCUT2D eigenvalue weighted by Gasteiger charge is 2.28. The average molecular weight is 427 g/mol. The van der Waals surface area contributed by atoms with Gasteiger partial charge in [0.15, 0.2) is 0 Å². The Kier molecular flexibility index (Phi) is 8.79. The van der Waals surface area contributed by atoms with Gasteiger partial charge in [-0.3, -0.25) is 14.7 Å². The number of unbranched alkanes of at least 4 members (excludes halogenated alkanes) is 1. The molecule has 0 radical (unpaired) electrons. The van der Waals surface area contributed by atoms with Crippen molar-refractivity contribution in [1.82, 2.24) is 20.1 Å². The molecular weight excluding hydrogens is 392 g/mol. The Morgan fingerprint density at radius 3 is 2.74 bits per heavy atom. The lowest BCUT2D eigenvalue weighted by atomic mass is 10.1. The van der Waals surface area contributed by atoms with E-state index in [2.05, 4.69) is 33.4 Å². The largest absolute Gasteiger partial charge is 0.478 e. The fraction of sp³-hybridized carbons (Fsp3) is 0.542. The first kappa shape index (κ1) is 23.2. The summed E-state index contributed by atoms with van der Waals surface area (Å²) in [5, 5.41) is 12.1. The molecule has 7 heteroatoms. The monoisotopic (exact) mass is 426 g/mol. The number of nitrogens with one attached hydrogen (secondary N) is 1. The van der Waals surface area contributed by atoms with Crippen LogP contribution in [0.25, 0.3) is 0 Å². The maximum absolute atomic E-state index is 12.3. The van der Waals surface area contributed by atoms with E-state index in [1.807, 2.05) is 7.05 Å². The van der Waals surface area contributed by atoms with Gasteiger partial charge in [-0.2, -0.15) is 0 Å². The van der Waals surface area contributed by atoms with Crippen molar-refractivity contribution in [2.24, 2.45) is 0 Å². The van der Waals surface area contributed by atoms with Crippen molar-refractivity contribution in [3.05, 3.63) is 53.4 Å². The number of carboxylic acid groups (broad SMARTS) is 1. The molecule has 31 heavy (non-hydrogen) atoms. The van der Waals surface area contributed by atoms with Crippen molar-refractivity contribution in [3.8, 4) is 0 Å². The second-order valence-corrected chi connectivity index (χ2v) is 8.43.